The molecule has 0 atom stereocenters. The Hall–Kier alpha value is -1.69. The number of ether oxygens (including phenoxy) is 1. The van der Waals surface area contributed by atoms with Crippen molar-refractivity contribution >= 4 is 21.7 Å². The number of hydrogen-bond donors (Lipinski definition) is 1. The predicted octanol–water partition coefficient (Wildman–Crippen LogP) is 2.35. The lowest BCUT2D eigenvalue weighted by Gasteiger charge is -2.05. The summed E-state index contributed by atoms with van der Waals surface area (Å²) in [5.74, 6) is 1.93. The SMILES string of the molecule is CNc1nc(-c2ccc(OC)nc2)ncc1Br. The molecule has 2 aromatic rings. The van der Waals surface area contributed by atoms with Crippen molar-refractivity contribution in [2.75, 3.05) is 19.5 Å². The Balaban J connectivity index is 2.38. The van der Waals surface area contributed by atoms with E-state index in [1.165, 1.54) is 0 Å². The topological polar surface area (TPSA) is 59.9 Å². The Bertz CT molecular complexity index is 515. The molecule has 0 radical (unpaired) electrons. The van der Waals surface area contributed by atoms with Crippen LogP contribution in [0.4, 0.5) is 5.82 Å². The lowest BCUT2D eigenvalue weighted by Crippen LogP contribution is -1.98. The van der Waals surface area contributed by atoms with E-state index in [0.717, 1.165) is 15.9 Å². The van der Waals surface area contributed by atoms with E-state index in [4.69, 9.17) is 4.74 Å². The van der Waals surface area contributed by atoms with Gasteiger partial charge in [-0.15, -0.1) is 0 Å². The van der Waals surface area contributed by atoms with Gasteiger partial charge in [0.05, 0.1) is 11.6 Å². The molecule has 2 rings (SSSR count). The smallest absolute Gasteiger partial charge is 0.212 e. The first-order chi connectivity index (χ1) is 8.24. The first-order valence-electron chi connectivity index (χ1n) is 4.95. The molecule has 0 fully saturated rings. The van der Waals surface area contributed by atoms with Crippen LogP contribution in [0.5, 0.6) is 5.88 Å². The second-order valence-corrected chi connectivity index (χ2v) is 4.08. The van der Waals surface area contributed by atoms with E-state index in [-0.39, 0.29) is 0 Å². The molecule has 0 bridgehead atoms. The van der Waals surface area contributed by atoms with E-state index >= 15 is 0 Å². The minimum absolute atomic E-state index is 0.569. The number of nitrogens with zero attached hydrogens (tertiary/aromatic N) is 3. The monoisotopic (exact) mass is 294 g/mol. The van der Waals surface area contributed by atoms with Crippen LogP contribution in [0.2, 0.25) is 0 Å². The van der Waals surface area contributed by atoms with Crippen LogP contribution in [0.3, 0.4) is 0 Å². The van der Waals surface area contributed by atoms with Gasteiger partial charge >= 0.3 is 0 Å². The van der Waals surface area contributed by atoms with Crippen LogP contribution in [0, 0.1) is 0 Å². The highest BCUT2D eigenvalue weighted by Crippen LogP contribution is 2.23. The lowest BCUT2D eigenvalue weighted by atomic mass is 10.2. The maximum absolute atomic E-state index is 5.00. The number of aromatic nitrogens is 3. The zero-order valence-electron chi connectivity index (χ0n) is 9.44. The van der Waals surface area contributed by atoms with Gasteiger partial charge in [-0.25, -0.2) is 15.0 Å². The normalized spacial score (nSPS) is 10.1. The second kappa shape index (κ2) is 5.09. The maximum atomic E-state index is 5.00. The summed E-state index contributed by atoms with van der Waals surface area (Å²) in [5, 5.41) is 2.98. The van der Waals surface area contributed by atoms with Crippen LogP contribution < -0.4 is 10.1 Å². The summed E-state index contributed by atoms with van der Waals surface area (Å²) < 4.78 is 5.82. The average Bonchev–Trinajstić information content (AvgIpc) is 2.39. The summed E-state index contributed by atoms with van der Waals surface area (Å²) in [6.07, 6.45) is 3.39. The van der Waals surface area contributed by atoms with Crippen molar-refractivity contribution in [3.05, 3.63) is 29.0 Å². The lowest BCUT2D eigenvalue weighted by molar-refractivity contribution is 0.398. The van der Waals surface area contributed by atoms with E-state index in [0.29, 0.717) is 11.7 Å². The molecule has 0 amide bonds. The minimum atomic E-state index is 0.569. The maximum Gasteiger partial charge on any atom is 0.212 e. The molecule has 0 unspecified atom stereocenters. The Morgan fingerprint density at radius 2 is 2.06 bits per heavy atom. The van der Waals surface area contributed by atoms with Crippen molar-refractivity contribution in [3.63, 3.8) is 0 Å². The van der Waals surface area contributed by atoms with E-state index in [2.05, 4.69) is 36.2 Å². The van der Waals surface area contributed by atoms with Gasteiger partial charge in [0.1, 0.15) is 5.82 Å². The molecule has 6 heteroatoms. The van der Waals surface area contributed by atoms with Gasteiger partial charge in [-0.1, -0.05) is 0 Å². The third-order valence-corrected chi connectivity index (χ3v) is 2.76. The van der Waals surface area contributed by atoms with Crippen molar-refractivity contribution in [2.24, 2.45) is 0 Å². The summed E-state index contributed by atoms with van der Waals surface area (Å²) in [4.78, 5) is 12.7. The molecule has 17 heavy (non-hydrogen) atoms. The number of methoxy groups -OCH3 is 1. The van der Waals surface area contributed by atoms with Crippen LogP contribution in [0.1, 0.15) is 0 Å². The van der Waals surface area contributed by atoms with E-state index in [9.17, 15) is 0 Å². The van der Waals surface area contributed by atoms with Crippen molar-refractivity contribution in [1.29, 1.82) is 0 Å². The van der Waals surface area contributed by atoms with Crippen molar-refractivity contribution in [3.8, 4) is 17.3 Å². The molecule has 5 nitrogen and oxygen atoms in total. The van der Waals surface area contributed by atoms with E-state index in [1.807, 2.05) is 13.1 Å². The fourth-order valence-corrected chi connectivity index (χ4v) is 1.70. The summed E-state index contributed by atoms with van der Waals surface area (Å²) in [5.41, 5.74) is 0.842. The van der Waals surface area contributed by atoms with Crippen molar-refractivity contribution in [1.82, 2.24) is 15.0 Å². The van der Waals surface area contributed by atoms with Gasteiger partial charge in [-0.2, -0.15) is 0 Å². The van der Waals surface area contributed by atoms with E-state index < -0.39 is 0 Å². The van der Waals surface area contributed by atoms with Gasteiger partial charge in [-0.05, 0) is 22.0 Å². The highest BCUT2D eigenvalue weighted by molar-refractivity contribution is 9.10. The number of halogens is 1. The number of anilines is 1. The fraction of sp³-hybridized carbons (Fsp3) is 0.182. The number of rotatable bonds is 3. The van der Waals surface area contributed by atoms with Gasteiger partial charge in [-0.3, -0.25) is 0 Å². The summed E-state index contributed by atoms with van der Waals surface area (Å²) >= 11 is 3.36. The molecule has 0 aliphatic heterocycles. The van der Waals surface area contributed by atoms with Gasteiger partial charge in [0, 0.05) is 31.1 Å². The summed E-state index contributed by atoms with van der Waals surface area (Å²) in [7, 11) is 3.39. The van der Waals surface area contributed by atoms with Gasteiger partial charge < -0.3 is 10.1 Å². The molecule has 0 aliphatic carbocycles. The van der Waals surface area contributed by atoms with Gasteiger partial charge in [0.15, 0.2) is 5.82 Å². The molecule has 0 aliphatic rings. The first kappa shape index (κ1) is 11.8. The standard InChI is InChI=1S/C11H11BrN4O/c1-13-11-8(12)6-15-10(16-11)7-3-4-9(17-2)14-5-7/h3-6H,1-2H3,(H,13,15,16). The van der Waals surface area contributed by atoms with Crippen LogP contribution >= 0.6 is 15.9 Å². The highest BCUT2D eigenvalue weighted by Gasteiger charge is 2.06. The Morgan fingerprint density at radius 1 is 1.24 bits per heavy atom. The number of nitrogens with one attached hydrogen (secondary N) is 1. The van der Waals surface area contributed by atoms with Gasteiger partial charge in [0.25, 0.3) is 0 Å². The molecular weight excluding hydrogens is 284 g/mol. The molecule has 2 heterocycles. The molecule has 0 spiro atoms. The predicted molar refractivity (Wildman–Crippen MR) is 69.1 cm³/mol. The Labute approximate surface area is 107 Å². The van der Waals surface area contributed by atoms with E-state index in [1.54, 1.807) is 25.6 Å². The van der Waals surface area contributed by atoms with Crippen molar-refractivity contribution < 1.29 is 4.74 Å². The molecule has 2 aromatic heterocycles. The minimum Gasteiger partial charge on any atom is -0.481 e. The quantitative estimate of drug-likeness (QED) is 0.942. The zero-order chi connectivity index (χ0) is 12.3. The third kappa shape index (κ3) is 2.52. The Morgan fingerprint density at radius 3 is 2.65 bits per heavy atom. The third-order valence-electron chi connectivity index (χ3n) is 2.18. The highest BCUT2D eigenvalue weighted by atomic mass is 79.9. The molecule has 1 N–H and O–H groups in total. The van der Waals surface area contributed by atoms with Crippen LogP contribution in [-0.4, -0.2) is 29.1 Å². The molecule has 0 saturated heterocycles. The number of pyridine rings is 1. The molecule has 0 saturated carbocycles. The second-order valence-electron chi connectivity index (χ2n) is 3.23. The van der Waals surface area contributed by atoms with Crippen LogP contribution in [-0.2, 0) is 0 Å². The van der Waals surface area contributed by atoms with Crippen LogP contribution in [0.25, 0.3) is 11.4 Å². The molecular formula is C11H11BrN4O. The molecule has 0 aromatic carbocycles. The largest absolute Gasteiger partial charge is 0.481 e. The summed E-state index contributed by atoms with van der Waals surface area (Å²) in [6.45, 7) is 0. The average molecular weight is 295 g/mol. The first-order valence-corrected chi connectivity index (χ1v) is 5.74. The fourth-order valence-electron chi connectivity index (χ4n) is 1.31. The van der Waals surface area contributed by atoms with Crippen molar-refractivity contribution in [2.45, 2.75) is 0 Å². The number of hydrogen-bond acceptors (Lipinski definition) is 5. The van der Waals surface area contributed by atoms with Crippen LogP contribution in [0.15, 0.2) is 29.0 Å². The van der Waals surface area contributed by atoms with Gasteiger partial charge in [0.2, 0.25) is 5.88 Å². The molecule has 88 valence electrons. The summed E-state index contributed by atoms with van der Waals surface area (Å²) in [6, 6.07) is 3.65. The Kier molecular flexibility index (Phi) is 3.53. The zero-order valence-corrected chi connectivity index (χ0v) is 11.0.